The molecule has 0 aliphatic carbocycles. The molecule has 1 rings (SSSR count). The van der Waals surface area contributed by atoms with Crippen LogP contribution in [-0.4, -0.2) is 31.2 Å². The summed E-state index contributed by atoms with van der Waals surface area (Å²) < 4.78 is 12.5. The lowest BCUT2D eigenvalue weighted by Gasteiger charge is -2.02. The standard InChI is InChI=1S/C6H12FN.C2H6/c1-5-3-8(2)4-6(5)7;1-2/h5-6H,3-4H2,1-2H3;1-2H3/t5-,6?;/m1./s1. The predicted molar refractivity (Wildman–Crippen MR) is 42.9 cm³/mol. The van der Waals surface area contributed by atoms with Gasteiger partial charge in [-0.05, 0) is 7.05 Å². The number of hydrogen-bond donors (Lipinski definition) is 0. The van der Waals surface area contributed by atoms with Gasteiger partial charge in [-0.1, -0.05) is 20.8 Å². The van der Waals surface area contributed by atoms with Crippen LogP contribution in [0.4, 0.5) is 4.39 Å². The summed E-state index contributed by atoms with van der Waals surface area (Å²) in [7, 11) is 1.95. The number of likely N-dealkylation sites (tertiary alicyclic amines) is 1. The molecule has 1 nitrogen and oxygen atoms in total. The van der Waals surface area contributed by atoms with Gasteiger partial charge in [-0.15, -0.1) is 0 Å². The molecule has 2 heteroatoms. The monoisotopic (exact) mass is 147 g/mol. The van der Waals surface area contributed by atoms with Crippen LogP contribution in [0, 0.1) is 5.92 Å². The third-order valence-electron chi connectivity index (χ3n) is 1.70. The molecule has 0 N–H and O–H groups in total. The van der Waals surface area contributed by atoms with Crippen molar-refractivity contribution in [3.8, 4) is 0 Å². The number of hydrogen-bond acceptors (Lipinski definition) is 1. The van der Waals surface area contributed by atoms with E-state index in [0.717, 1.165) is 6.54 Å². The molecule has 1 fully saturated rings. The van der Waals surface area contributed by atoms with Crippen LogP contribution in [0.1, 0.15) is 20.8 Å². The Kier molecular flexibility index (Phi) is 4.62. The average molecular weight is 147 g/mol. The lowest BCUT2D eigenvalue weighted by molar-refractivity contribution is 0.289. The third kappa shape index (κ3) is 2.65. The van der Waals surface area contributed by atoms with Crippen molar-refractivity contribution >= 4 is 0 Å². The first-order valence-corrected chi connectivity index (χ1v) is 4.03. The van der Waals surface area contributed by atoms with E-state index in [1.807, 2.05) is 32.7 Å². The summed E-state index contributed by atoms with van der Waals surface area (Å²) >= 11 is 0. The van der Waals surface area contributed by atoms with Crippen molar-refractivity contribution < 1.29 is 4.39 Å². The lowest BCUT2D eigenvalue weighted by Crippen LogP contribution is -2.13. The van der Waals surface area contributed by atoms with Crippen molar-refractivity contribution in [2.24, 2.45) is 5.92 Å². The minimum absolute atomic E-state index is 0.250. The van der Waals surface area contributed by atoms with Crippen LogP contribution in [0.25, 0.3) is 0 Å². The highest BCUT2D eigenvalue weighted by Crippen LogP contribution is 2.16. The van der Waals surface area contributed by atoms with Gasteiger partial charge in [-0.2, -0.15) is 0 Å². The van der Waals surface area contributed by atoms with Crippen LogP contribution < -0.4 is 0 Å². The second-order valence-corrected chi connectivity index (χ2v) is 2.71. The number of alkyl halides is 1. The first-order chi connectivity index (χ1) is 4.70. The summed E-state index contributed by atoms with van der Waals surface area (Å²) in [6.07, 6.45) is -0.583. The summed E-state index contributed by atoms with van der Waals surface area (Å²) in [4.78, 5) is 2.02. The van der Waals surface area contributed by atoms with E-state index in [1.54, 1.807) is 0 Å². The first-order valence-electron chi connectivity index (χ1n) is 4.03. The van der Waals surface area contributed by atoms with E-state index in [2.05, 4.69) is 0 Å². The van der Waals surface area contributed by atoms with Crippen molar-refractivity contribution in [3.05, 3.63) is 0 Å². The Morgan fingerprint density at radius 1 is 1.30 bits per heavy atom. The molecule has 10 heavy (non-hydrogen) atoms. The molecule has 0 bridgehead atoms. The van der Waals surface area contributed by atoms with Crippen molar-refractivity contribution in [1.29, 1.82) is 0 Å². The van der Waals surface area contributed by atoms with Crippen LogP contribution in [0.15, 0.2) is 0 Å². The molecule has 1 aliphatic rings. The zero-order chi connectivity index (χ0) is 8.15. The van der Waals surface area contributed by atoms with Gasteiger partial charge < -0.3 is 4.90 Å². The molecule has 1 heterocycles. The Balaban J connectivity index is 0.000000371. The molecule has 2 atom stereocenters. The van der Waals surface area contributed by atoms with Gasteiger partial charge >= 0.3 is 0 Å². The third-order valence-corrected chi connectivity index (χ3v) is 1.70. The predicted octanol–water partition coefficient (Wildman–Crippen LogP) is 1.93. The molecule has 0 radical (unpaired) electrons. The molecule has 0 amide bonds. The van der Waals surface area contributed by atoms with Crippen molar-refractivity contribution in [3.63, 3.8) is 0 Å². The Labute approximate surface area is 63.2 Å². The summed E-state index contributed by atoms with van der Waals surface area (Å²) in [6.45, 7) is 7.50. The van der Waals surface area contributed by atoms with Gasteiger partial charge in [-0.3, -0.25) is 0 Å². The van der Waals surface area contributed by atoms with Gasteiger partial charge in [0.1, 0.15) is 6.17 Å². The summed E-state index contributed by atoms with van der Waals surface area (Å²) in [5, 5.41) is 0. The van der Waals surface area contributed by atoms with E-state index in [1.165, 1.54) is 0 Å². The minimum atomic E-state index is -0.583. The van der Waals surface area contributed by atoms with Crippen LogP contribution >= 0.6 is 0 Å². The largest absolute Gasteiger partial charge is 0.303 e. The second kappa shape index (κ2) is 4.67. The van der Waals surface area contributed by atoms with Gasteiger partial charge in [-0.25, -0.2) is 4.39 Å². The van der Waals surface area contributed by atoms with Crippen LogP contribution in [0.2, 0.25) is 0 Å². The molecular formula is C8H18FN. The minimum Gasteiger partial charge on any atom is -0.303 e. The zero-order valence-electron chi connectivity index (χ0n) is 7.39. The van der Waals surface area contributed by atoms with Crippen LogP contribution in [0.5, 0.6) is 0 Å². The van der Waals surface area contributed by atoms with Crippen molar-refractivity contribution in [1.82, 2.24) is 4.90 Å². The molecule has 1 saturated heterocycles. The van der Waals surface area contributed by atoms with E-state index >= 15 is 0 Å². The quantitative estimate of drug-likeness (QED) is 0.506. The van der Waals surface area contributed by atoms with E-state index in [4.69, 9.17) is 0 Å². The van der Waals surface area contributed by atoms with Crippen LogP contribution in [0.3, 0.4) is 0 Å². The van der Waals surface area contributed by atoms with Gasteiger partial charge in [0.25, 0.3) is 0 Å². The molecule has 0 aromatic heterocycles. The maximum absolute atomic E-state index is 12.5. The Morgan fingerprint density at radius 2 is 1.80 bits per heavy atom. The smallest absolute Gasteiger partial charge is 0.116 e. The Bertz CT molecular complexity index is 75.3. The number of halogens is 1. The van der Waals surface area contributed by atoms with E-state index in [9.17, 15) is 4.39 Å². The van der Waals surface area contributed by atoms with Crippen molar-refractivity contribution in [2.75, 3.05) is 20.1 Å². The zero-order valence-corrected chi connectivity index (χ0v) is 7.39. The lowest BCUT2D eigenvalue weighted by atomic mass is 10.1. The molecule has 62 valence electrons. The Morgan fingerprint density at radius 3 is 1.90 bits per heavy atom. The summed E-state index contributed by atoms with van der Waals surface area (Å²) in [5.41, 5.74) is 0. The highest BCUT2D eigenvalue weighted by atomic mass is 19.1. The summed E-state index contributed by atoms with van der Waals surface area (Å²) in [5.74, 6) is 0.250. The fraction of sp³-hybridized carbons (Fsp3) is 1.00. The van der Waals surface area contributed by atoms with Gasteiger partial charge in [0, 0.05) is 19.0 Å². The second-order valence-electron chi connectivity index (χ2n) is 2.71. The molecule has 0 saturated carbocycles. The molecule has 0 spiro atoms. The first kappa shape index (κ1) is 9.89. The van der Waals surface area contributed by atoms with E-state index < -0.39 is 6.17 Å². The van der Waals surface area contributed by atoms with Gasteiger partial charge in [0.2, 0.25) is 0 Å². The Hall–Kier alpha value is -0.110. The number of nitrogens with zero attached hydrogens (tertiary/aromatic N) is 1. The summed E-state index contributed by atoms with van der Waals surface area (Å²) in [6, 6.07) is 0. The van der Waals surface area contributed by atoms with Gasteiger partial charge in [0.05, 0.1) is 0 Å². The molecule has 1 unspecified atom stereocenters. The molecule has 0 aromatic rings. The molecule has 0 aromatic carbocycles. The maximum Gasteiger partial charge on any atom is 0.116 e. The van der Waals surface area contributed by atoms with E-state index in [-0.39, 0.29) is 5.92 Å². The normalized spacial score (nSPS) is 33.3. The fourth-order valence-electron chi connectivity index (χ4n) is 1.16. The fourth-order valence-corrected chi connectivity index (χ4v) is 1.16. The topological polar surface area (TPSA) is 3.24 Å². The van der Waals surface area contributed by atoms with E-state index in [0.29, 0.717) is 6.54 Å². The van der Waals surface area contributed by atoms with Crippen LogP contribution in [-0.2, 0) is 0 Å². The maximum atomic E-state index is 12.5. The van der Waals surface area contributed by atoms with Gasteiger partial charge in [0.15, 0.2) is 0 Å². The molecular weight excluding hydrogens is 129 g/mol. The highest BCUT2D eigenvalue weighted by Gasteiger charge is 2.26. The average Bonchev–Trinajstić information content (AvgIpc) is 2.16. The van der Waals surface area contributed by atoms with Crippen molar-refractivity contribution in [2.45, 2.75) is 26.9 Å². The molecule has 1 aliphatic heterocycles. The SMILES string of the molecule is CC.C[C@@H]1CN(C)CC1F. The highest BCUT2D eigenvalue weighted by molar-refractivity contribution is 4.78. The number of rotatable bonds is 0.